The van der Waals surface area contributed by atoms with Crippen LogP contribution in [0, 0.1) is 42.9 Å². The molecule has 3 fully saturated rings. The third-order valence-corrected chi connectivity index (χ3v) is 16.9. The number of rotatable bonds is 16. The van der Waals surface area contributed by atoms with Gasteiger partial charge in [0.15, 0.2) is 5.11 Å². The highest BCUT2D eigenvalue weighted by Crippen LogP contribution is 2.47. The van der Waals surface area contributed by atoms with Crippen LogP contribution in [0.15, 0.2) is 101 Å². The molecule has 3 aliphatic rings. The zero-order chi connectivity index (χ0) is 58.8. The number of anilines is 3. The molecule has 3 aromatic carbocycles. The molecule has 0 aliphatic carbocycles. The van der Waals surface area contributed by atoms with Crippen LogP contribution in [0.1, 0.15) is 104 Å². The predicted molar refractivity (Wildman–Crippen MR) is 308 cm³/mol. The number of amides is 4. The van der Waals surface area contributed by atoms with Crippen molar-refractivity contribution in [1.82, 2.24) is 30.2 Å². The van der Waals surface area contributed by atoms with Crippen LogP contribution in [0.5, 0.6) is 0 Å². The van der Waals surface area contributed by atoms with Gasteiger partial charge in [-0.05, 0) is 125 Å². The van der Waals surface area contributed by atoms with Crippen LogP contribution >= 0.6 is 23.6 Å². The van der Waals surface area contributed by atoms with E-state index in [1.165, 1.54) is 22.3 Å². The molecule has 426 valence electrons. The number of nitrogens with zero attached hydrogens (tertiary/aromatic N) is 9. The zero-order valence-electron chi connectivity index (χ0n) is 46.2. The largest absolute Gasteiger partial charge is 0.417 e. The minimum atomic E-state index is -4.81. The van der Waals surface area contributed by atoms with Crippen molar-refractivity contribution in [2.75, 3.05) is 60.5 Å². The Morgan fingerprint density at radius 2 is 1.63 bits per heavy atom. The van der Waals surface area contributed by atoms with E-state index in [9.17, 15) is 42.7 Å². The number of halogens is 3. The molecule has 4 atom stereocenters. The van der Waals surface area contributed by atoms with Crippen LogP contribution < -0.4 is 25.8 Å². The number of aliphatic hydroxyl groups excluding tert-OH is 1. The number of nitrogens with one attached hydrogen (secondary N) is 1. The topological polar surface area (TPSA) is 218 Å². The number of thiazole rings is 1. The van der Waals surface area contributed by atoms with E-state index in [-0.39, 0.29) is 42.0 Å². The number of nitrogens with two attached hydrogens (primary N) is 1. The van der Waals surface area contributed by atoms with Gasteiger partial charge in [0, 0.05) is 87.1 Å². The second-order valence-electron chi connectivity index (χ2n) is 21.7. The third-order valence-electron chi connectivity index (χ3n) is 15.5. The van der Waals surface area contributed by atoms with E-state index in [1.54, 1.807) is 73.8 Å². The number of piperazine rings is 1. The average Bonchev–Trinajstić information content (AvgIpc) is 2.47. The molecule has 6 aromatic rings. The van der Waals surface area contributed by atoms with Crippen molar-refractivity contribution >= 4 is 69.5 Å². The maximum atomic E-state index is 14.8. The second-order valence-corrected chi connectivity index (χ2v) is 22.9. The number of likely N-dealkylation sites (tertiary alicyclic amines) is 1. The Morgan fingerprint density at radius 1 is 0.951 bits per heavy atom. The van der Waals surface area contributed by atoms with Gasteiger partial charge in [0.05, 0.1) is 50.8 Å². The van der Waals surface area contributed by atoms with Gasteiger partial charge < -0.3 is 35.4 Å². The first kappa shape index (κ1) is 58.6. The number of carbonyl (C=O) groups excluding carboxylic acids is 4. The standard InChI is InChI=1S/C60H62F3N11O6S2/c1-36(2)52(49-28-37(3)69-80-49)54(77)72-34-46(75)31-59(72,55(65)78)47(41-13-15-42(16-14-41)53-38(4)68-35-82-53)30-51(76)66-22-7-23-70-24-26-71(27-25-70)50-21-12-40(33-67-50)9-8-39-10-18-44(19-11-39)74-57(81)73(56(79)58(74,5)6)45-20-17-43(32-64)48(29-45)60(61,62)63/h10-21,28-29,33,35-36,46-47,52,75H,7,22-27,30-31,34H2,1-6H3,(H2,65,78)(H,66,76)/t46?,47-,52+,59?/m0/s1. The number of thiocarbonyl (C=S) groups is 1. The molecule has 17 nitrogen and oxygen atoms in total. The smallest absolute Gasteiger partial charge is 0.391 e. The highest BCUT2D eigenvalue weighted by atomic mass is 32.1. The molecule has 0 radical (unpaired) electrons. The Hall–Kier alpha value is -8.02. The summed E-state index contributed by atoms with van der Waals surface area (Å²) in [6.07, 6.45) is -3.87. The van der Waals surface area contributed by atoms with E-state index in [4.69, 9.17) is 27.5 Å². The molecule has 0 spiro atoms. The average molecular weight is 1150 g/mol. The summed E-state index contributed by atoms with van der Waals surface area (Å²) in [5.41, 5.74) is 8.23. The summed E-state index contributed by atoms with van der Waals surface area (Å²) in [7, 11) is 0. The van der Waals surface area contributed by atoms with Crippen LogP contribution in [0.4, 0.5) is 30.4 Å². The summed E-state index contributed by atoms with van der Waals surface area (Å²) in [5.74, 6) is 3.30. The lowest BCUT2D eigenvalue weighted by molar-refractivity contribution is -0.148. The quantitative estimate of drug-likeness (QED) is 0.0474. The minimum absolute atomic E-state index is 0.00626. The maximum absolute atomic E-state index is 14.8. The fourth-order valence-electron chi connectivity index (χ4n) is 11.3. The van der Waals surface area contributed by atoms with Crippen LogP contribution in [0.25, 0.3) is 10.4 Å². The van der Waals surface area contributed by atoms with Gasteiger partial charge in [-0.1, -0.05) is 55.1 Å². The van der Waals surface area contributed by atoms with Crippen molar-refractivity contribution in [3.05, 3.63) is 142 Å². The molecule has 3 aromatic heterocycles. The summed E-state index contributed by atoms with van der Waals surface area (Å²) in [6.45, 7) is 14.6. The highest BCUT2D eigenvalue weighted by molar-refractivity contribution is 7.81. The lowest BCUT2D eigenvalue weighted by Gasteiger charge is -2.43. The van der Waals surface area contributed by atoms with E-state index in [2.05, 4.69) is 37.1 Å². The van der Waals surface area contributed by atoms with Crippen molar-refractivity contribution in [3.8, 4) is 28.4 Å². The summed E-state index contributed by atoms with van der Waals surface area (Å²) >= 11 is 7.18. The number of β-amino-alcohol motifs (C(OH)–C–C–N with tert-alkyl or cyclic N) is 1. The number of alkyl halides is 3. The van der Waals surface area contributed by atoms with E-state index < -0.39 is 64.0 Å². The second kappa shape index (κ2) is 23.8. The van der Waals surface area contributed by atoms with Crippen molar-refractivity contribution in [2.45, 2.75) is 96.0 Å². The molecule has 3 aliphatic heterocycles. The lowest BCUT2D eigenvalue weighted by Crippen LogP contribution is -2.61. The molecule has 4 amide bonds. The van der Waals surface area contributed by atoms with Gasteiger partial charge in [-0.25, -0.2) is 9.97 Å². The number of primary amides is 1. The van der Waals surface area contributed by atoms with Crippen molar-refractivity contribution in [1.29, 1.82) is 5.26 Å². The fourth-order valence-corrected chi connectivity index (χ4v) is 12.6. The number of aryl methyl sites for hydroxylation is 2. The molecule has 22 heteroatoms. The molecular formula is C60H62F3N11O6S2. The van der Waals surface area contributed by atoms with Crippen LogP contribution in [0.2, 0.25) is 0 Å². The van der Waals surface area contributed by atoms with E-state index in [1.807, 2.05) is 57.2 Å². The number of pyridine rings is 1. The number of carbonyl (C=O) groups is 4. The first-order valence-electron chi connectivity index (χ1n) is 26.9. The summed E-state index contributed by atoms with van der Waals surface area (Å²) in [5, 5.41) is 27.7. The number of hydrogen-bond acceptors (Lipinski definition) is 14. The maximum Gasteiger partial charge on any atom is 0.417 e. The first-order valence-corrected chi connectivity index (χ1v) is 28.2. The third kappa shape index (κ3) is 11.8. The molecule has 9 rings (SSSR count). The van der Waals surface area contributed by atoms with E-state index in [0.29, 0.717) is 46.8 Å². The number of benzene rings is 3. The normalized spacial score (nSPS) is 19.0. The molecule has 6 heterocycles. The van der Waals surface area contributed by atoms with Crippen LogP contribution in [-0.4, -0.2) is 122 Å². The lowest BCUT2D eigenvalue weighted by atomic mass is 9.73. The van der Waals surface area contributed by atoms with Crippen molar-refractivity contribution in [2.24, 2.45) is 11.7 Å². The zero-order valence-corrected chi connectivity index (χ0v) is 47.8. The summed E-state index contributed by atoms with van der Waals surface area (Å²) in [4.78, 5) is 75.2. The highest BCUT2D eigenvalue weighted by Gasteiger charge is 2.59. The van der Waals surface area contributed by atoms with E-state index in [0.717, 1.165) is 71.7 Å². The number of aromatic nitrogens is 3. The first-order chi connectivity index (χ1) is 39.0. The Bertz CT molecular complexity index is 3490. The summed E-state index contributed by atoms with van der Waals surface area (Å²) < 4.78 is 47.0. The molecule has 0 bridgehead atoms. The Morgan fingerprint density at radius 3 is 2.23 bits per heavy atom. The minimum Gasteiger partial charge on any atom is -0.391 e. The van der Waals surface area contributed by atoms with Gasteiger partial charge in [-0.2, -0.15) is 18.4 Å². The van der Waals surface area contributed by atoms with Gasteiger partial charge >= 0.3 is 6.18 Å². The van der Waals surface area contributed by atoms with Gasteiger partial charge in [-0.15, -0.1) is 11.3 Å². The molecule has 0 saturated carbocycles. The van der Waals surface area contributed by atoms with Gasteiger partial charge in [-0.3, -0.25) is 29.0 Å². The fraction of sp³-hybridized carbons (Fsp3) is 0.383. The molecule has 3 saturated heterocycles. The number of aliphatic hydroxyl groups is 1. The Balaban J connectivity index is 0.794. The SMILES string of the molecule is Cc1cc([C@H](C(=O)N2CC(O)CC2(C(N)=O)[C@@H](CC(=O)NCCCN2CCN(c3ccc(C#Cc4ccc(N5C(=S)N(c6ccc(C#N)c(C(F)(F)F)c6)C(=O)C5(C)C)cc4)cn3)CC2)c2ccc(-c3scnc3C)cc2)C(C)C)on1. The van der Waals surface area contributed by atoms with Crippen LogP contribution in [0.3, 0.4) is 0 Å². The summed E-state index contributed by atoms with van der Waals surface area (Å²) in [6, 6.07) is 24.7. The molecule has 4 N–H and O–H groups in total. The van der Waals surface area contributed by atoms with Gasteiger partial charge in [0.25, 0.3) is 5.91 Å². The Kier molecular flexibility index (Phi) is 17.0. The Labute approximate surface area is 482 Å². The van der Waals surface area contributed by atoms with Crippen LogP contribution in [-0.2, 0) is 25.4 Å². The van der Waals surface area contributed by atoms with E-state index >= 15 is 0 Å². The van der Waals surface area contributed by atoms with Crippen molar-refractivity contribution in [3.63, 3.8) is 0 Å². The predicted octanol–water partition coefficient (Wildman–Crippen LogP) is 8.08. The molecule has 2 unspecified atom stereocenters. The molecular weight excluding hydrogens is 1090 g/mol. The van der Waals surface area contributed by atoms with Gasteiger partial charge in [0.1, 0.15) is 28.6 Å². The number of hydrogen-bond donors (Lipinski definition) is 3. The van der Waals surface area contributed by atoms with Gasteiger partial charge in [0.2, 0.25) is 17.7 Å². The monoisotopic (exact) mass is 1150 g/mol. The molecule has 82 heavy (non-hydrogen) atoms. The van der Waals surface area contributed by atoms with Crippen molar-refractivity contribution < 1.29 is 42.0 Å². The number of nitriles is 1.